The van der Waals surface area contributed by atoms with E-state index in [9.17, 15) is 14.7 Å². The Bertz CT molecular complexity index is 896. The Morgan fingerprint density at radius 2 is 1.59 bits per heavy atom. The highest BCUT2D eigenvalue weighted by Crippen LogP contribution is 2.15. The number of aliphatic hydroxyl groups excluding tert-OH is 1. The third-order valence-corrected chi connectivity index (χ3v) is 5.23. The maximum Gasteiger partial charge on any atom is 0.412 e. The largest absolute Gasteiger partial charge is 0.444 e. The van der Waals surface area contributed by atoms with Crippen molar-refractivity contribution in [2.24, 2.45) is 0 Å². The Labute approximate surface area is 189 Å². The number of piperidine rings is 1. The quantitative estimate of drug-likeness (QED) is 0.635. The lowest BCUT2D eigenvalue weighted by Crippen LogP contribution is -2.35. The van der Waals surface area contributed by atoms with Gasteiger partial charge in [0, 0.05) is 37.4 Å². The number of anilines is 1. The van der Waals surface area contributed by atoms with Gasteiger partial charge in [0.05, 0.1) is 6.10 Å². The van der Waals surface area contributed by atoms with Crippen LogP contribution >= 0.6 is 0 Å². The van der Waals surface area contributed by atoms with Gasteiger partial charge in [-0.15, -0.1) is 0 Å². The Hall–Kier alpha value is -2.90. The summed E-state index contributed by atoms with van der Waals surface area (Å²) < 4.78 is 5.22. The summed E-state index contributed by atoms with van der Waals surface area (Å²) in [5, 5.41) is 15.2. The number of likely N-dealkylation sites (tertiary alicyclic amines) is 1. The summed E-state index contributed by atoms with van der Waals surface area (Å²) in [5.41, 5.74) is 2.77. The molecule has 0 saturated carbocycles. The predicted octanol–water partition coefficient (Wildman–Crippen LogP) is 3.92. The Kier molecular flexibility index (Phi) is 7.88. The number of carbonyl (C=O) groups is 2. The van der Waals surface area contributed by atoms with E-state index in [0.29, 0.717) is 17.8 Å². The van der Waals surface area contributed by atoms with E-state index in [2.05, 4.69) is 27.7 Å². The Morgan fingerprint density at radius 1 is 1.00 bits per heavy atom. The minimum absolute atomic E-state index is 0.158. The number of ether oxygens (including phenoxy) is 1. The number of amides is 2. The van der Waals surface area contributed by atoms with Crippen LogP contribution in [0, 0.1) is 0 Å². The second-order valence-electron chi connectivity index (χ2n) is 9.21. The average molecular weight is 440 g/mol. The first-order chi connectivity index (χ1) is 15.2. The summed E-state index contributed by atoms with van der Waals surface area (Å²) in [4.78, 5) is 26.6. The van der Waals surface area contributed by atoms with Crippen LogP contribution in [-0.2, 0) is 17.8 Å². The minimum Gasteiger partial charge on any atom is -0.444 e. The van der Waals surface area contributed by atoms with E-state index >= 15 is 0 Å². The number of rotatable bonds is 6. The smallest absolute Gasteiger partial charge is 0.412 e. The van der Waals surface area contributed by atoms with E-state index in [-0.39, 0.29) is 12.0 Å². The van der Waals surface area contributed by atoms with Gasteiger partial charge in [-0.3, -0.25) is 15.0 Å². The Morgan fingerprint density at radius 3 is 2.19 bits per heavy atom. The van der Waals surface area contributed by atoms with Gasteiger partial charge < -0.3 is 15.2 Å². The second kappa shape index (κ2) is 10.6. The molecule has 0 aliphatic carbocycles. The number of aliphatic hydroxyl groups is 1. The summed E-state index contributed by atoms with van der Waals surface area (Å²) in [6, 6.07) is 14.9. The molecule has 3 N–H and O–H groups in total. The predicted molar refractivity (Wildman–Crippen MR) is 124 cm³/mol. The molecule has 32 heavy (non-hydrogen) atoms. The molecule has 0 aromatic heterocycles. The maximum absolute atomic E-state index is 12.4. The van der Waals surface area contributed by atoms with Gasteiger partial charge in [0.1, 0.15) is 5.60 Å². The van der Waals surface area contributed by atoms with Crippen LogP contribution in [0.2, 0.25) is 0 Å². The lowest BCUT2D eigenvalue weighted by molar-refractivity contribution is 0.0635. The monoisotopic (exact) mass is 439 g/mol. The van der Waals surface area contributed by atoms with E-state index in [0.717, 1.165) is 38.0 Å². The molecule has 1 saturated heterocycles. The third kappa shape index (κ3) is 7.66. The number of nitrogens with one attached hydrogen (secondary N) is 2. The van der Waals surface area contributed by atoms with Crippen molar-refractivity contribution in [3.8, 4) is 0 Å². The van der Waals surface area contributed by atoms with Crippen molar-refractivity contribution >= 4 is 17.7 Å². The fourth-order valence-electron chi connectivity index (χ4n) is 3.51. The zero-order chi connectivity index (χ0) is 23.1. The van der Waals surface area contributed by atoms with Crippen LogP contribution in [0.25, 0.3) is 0 Å². The molecule has 2 aromatic carbocycles. The molecule has 2 aromatic rings. The number of nitrogens with zero attached hydrogens (tertiary/aromatic N) is 1. The van der Waals surface area contributed by atoms with Crippen molar-refractivity contribution in [3.05, 3.63) is 65.2 Å². The highest BCUT2D eigenvalue weighted by Gasteiger charge is 2.17. The molecule has 0 unspecified atom stereocenters. The van der Waals surface area contributed by atoms with Crippen LogP contribution in [0.4, 0.5) is 10.5 Å². The van der Waals surface area contributed by atoms with Gasteiger partial charge in [0.15, 0.2) is 0 Å². The topological polar surface area (TPSA) is 90.9 Å². The summed E-state index contributed by atoms with van der Waals surface area (Å²) >= 11 is 0. The van der Waals surface area contributed by atoms with Gasteiger partial charge in [-0.05, 0) is 69.0 Å². The van der Waals surface area contributed by atoms with Gasteiger partial charge in [0.25, 0.3) is 5.91 Å². The summed E-state index contributed by atoms with van der Waals surface area (Å²) in [5.74, 6) is -0.176. The lowest BCUT2D eigenvalue weighted by atomic mass is 10.1. The Balaban J connectivity index is 1.45. The standard InChI is InChI=1S/C25H33N3O4/c1-25(2,3)32-24(31)27-21-10-8-20(9-11-21)23(30)26-16-18-4-6-19(7-5-18)17-28-14-12-22(29)13-15-28/h4-11,22,29H,12-17H2,1-3H3,(H,26,30)(H,27,31). The van der Waals surface area contributed by atoms with E-state index in [1.54, 1.807) is 45.0 Å². The molecular formula is C25H33N3O4. The molecule has 172 valence electrons. The van der Waals surface area contributed by atoms with Gasteiger partial charge in [-0.25, -0.2) is 4.79 Å². The molecule has 2 amide bonds. The molecule has 7 nitrogen and oxygen atoms in total. The van der Waals surface area contributed by atoms with Crippen molar-refractivity contribution in [3.63, 3.8) is 0 Å². The first-order valence-corrected chi connectivity index (χ1v) is 11.0. The van der Waals surface area contributed by atoms with Crippen LogP contribution in [0.15, 0.2) is 48.5 Å². The molecule has 0 bridgehead atoms. The van der Waals surface area contributed by atoms with Crippen LogP contribution < -0.4 is 10.6 Å². The summed E-state index contributed by atoms with van der Waals surface area (Å²) in [6.45, 7) is 8.56. The molecule has 1 aliphatic rings. The number of benzene rings is 2. The van der Waals surface area contributed by atoms with Crippen LogP contribution in [-0.4, -0.2) is 46.8 Å². The van der Waals surface area contributed by atoms with Crippen molar-refractivity contribution < 1.29 is 19.4 Å². The van der Waals surface area contributed by atoms with Crippen LogP contribution in [0.1, 0.15) is 55.1 Å². The zero-order valence-corrected chi connectivity index (χ0v) is 19.1. The second-order valence-corrected chi connectivity index (χ2v) is 9.21. The van der Waals surface area contributed by atoms with Crippen LogP contribution in [0.5, 0.6) is 0 Å². The van der Waals surface area contributed by atoms with Gasteiger partial charge in [0.2, 0.25) is 0 Å². The number of hydrogen-bond acceptors (Lipinski definition) is 5. The third-order valence-electron chi connectivity index (χ3n) is 5.23. The van der Waals surface area contributed by atoms with Gasteiger partial charge >= 0.3 is 6.09 Å². The first kappa shape index (κ1) is 23.8. The minimum atomic E-state index is -0.570. The first-order valence-electron chi connectivity index (χ1n) is 11.0. The molecule has 0 spiro atoms. The van der Waals surface area contributed by atoms with Crippen molar-refractivity contribution in [1.29, 1.82) is 0 Å². The van der Waals surface area contributed by atoms with E-state index < -0.39 is 11.7 Å². The molecule has 0 atom stereocenters. The van der Waals surface area contributed by atoms with Crippen molar-refractivity contribution in [2.45, 2.75) is 58.4 Å². The average Bonchev–Trinajstić information content (AvgIpc) is 2.74. The van der Waals surface area contributed by atoms with E-state index in [1.807, 2.05) is 12.1 Å². The normalized spacial score (nSPS) is 15.2. The SMILES string of the molecule is CC(C)(C)OC(=O)Nc1ccc(C(=O)NCc2ccc(CN3CCC(O)CC3)cc2)cc1. The molecule has 0 radical (unpaired) electrons. The summed E-state index contributed by atoms with van der Waals surface area (Å²) in [6.07, 6.45) is 0.982. The highest BCUT2D eigenvalue weighted by atomic mass is 16.6. The lowest BCUT2D eigenvalue weighted by Gasteiger charge is -2.29. The van der Waals surface area contributed by atoms with E-state index in [1.165, 1.54) is 5.56 Å². The summed E-state index contributed by atoms with van der Waals surface area (Å²) in [7, 11) is 0. The molecule has 1 aliphatic heterocycles. The molecular weight excluding hydrogens is 406 g/mol. The van der Waals surface area contributed by atoms with Gasteiger partial charge in [-0.2, -0.15) is 0 Å². The van der Waals surface area contributed by atoms with Crippen molar-refractivity contribution in [1.82, 2.24) is 10.2 Å². The fraction of sp³-hybridized carbons (Fsp3) is 0.440. The molecule has 3 rings (SSSR count). The number of hydrogen-bond donors (Lipinski definition) is 3. The van der Waals surface area contributed by atoms with E-state index in [4.69, 9.17) is 4.74 Å². The zero-order valence-electron chi connectivity index (χ0n) is 19.1. The maximum atomic E-state index is 12.4. The number of carbonyl (C=O) groups excluding carboxylic acids is 2. The molecule has 7 heteroatoms. The van der Waals surface area contributed by atoms with Crippen molar-refractivity contribution in [2.75, 3.05) is 18.4 Å². The highest BCUT2D eigenvalue weighted by molar-refractivity contribution is 5.95. The van der Waals surface area contributed by atoms with Crippen LogP contribution in [0.3, 0.4) is 0 Å². The van der Waals surface area contributed by atoms with Gasteiger partial charge in [-0.1, -0.05) is 24.3 Å². The molecule has 1 fully saturated rings. The molecule has 1 heterocycles. The fourth-order valence-corrected chi connectivity index (χ4v) is 3.51.